The molecular weight excluding hydrogens is 457 g/mol. The van der Waals surface area contributed by atoms with Gasteiger partial charge in [0.05, 0.1) is 35.2 Å². The highest BCUT2D eigenvalue weighted by Gasteiger charge is 2.42. The first-order valence-corrected chi connectivity index (χ1v) is 12.8. The summed E-state index contributed by atoms with van der Waals surface area (Å²) in [4.78, 5) is 22.4. The van der Waals surface area contributed by atoms with Gasteiger partial charge in [0.25, 0.3) is 0 Å². The molecular formula is C24H28FN5O3S. The van der Waals surface area contributed by atoms with Crippen LogP contribution in [0.1, 0.15) is 31.4 Å². The third-order valence-electron chi connectivity index (χ3n) is 7.12. The van der Waals surface area contributed by atoms with Crippen LogP contribution >= 0.6 is 11.3 Å². The summed E-state index contributed by atoms with van der Waals surface area (Å²) in [6.45, 7) is 6.13. The van der Waals surface area contributed by atoms with Crippen LogP contribution in [0.2, 0.25) is 0 Å². The fourth-order valence-corrected chi connectivity index (χ4v) is 6.33. The summed E-state index contributed by atoms with van der Waals surface area (Å²) < 4.78 is 28.1. The number of amides is 1. The zero-order valence-electron chi connectivity index (χ0n) is 19.2. The number of hydrogen-bond donors (Lipinski definition) is 0. The van der Waals surface area contributed by atoms with E-state index in [0.717, 1.165) is 53.4 Å². The average molecular weight is 486 g/mol. The summed E-state index contributed by atoms with van der Waals surface area (Å²) >= 11 is 1.59. The number of benzene rings is 1. The van der Waals surface area contributed by atoms with Crippen LogP contribution < -0.4 is 4.90 Å². The predicted molar refractivity (Wildman–Crippen MR) is 127 cm³/mol. The van der Waals surface area contributed by atoms with E-state index in [1.807, 2.05) is 17.9 Å². The van der Waals surface area contributed by atoms with Crippen molar-refractivity contribution in [1.29, 1.82) is 0 Å². The molecule has 3 saturated heterocycles. The lowest BCUT2D eigenvalue weighted by Gasteiger charge is -2.40. The van der Waals surface area contributed by atoms with Crippen molar-refractivity contribution in [3.8, 4) is 5.69 Å². The minimum absolute atomic E-state index is 0.0407. The number of aromatic nitrogens is 3. The van der Waals surface area contributed by atoms with E-state index in [9.17, 15) is 9.18 Å². The highest BCUT2D eigenvalue weighted by atomic mass is 32.1. The van der Waals surface area contributed by atoms with Gasteiger partial charge in [0, 0.05) is 39.0 Å². The largest absolute Gasteiger partial charge is 0.347 e. The van der Waals surface area contributed by atoms with Gasteiger partial charge in [0.1, 0.15) is 5.82 Å². The molecule has 3 aliphatic rings. The fraction of sp³-hybridized carbons (Fsp3) is 0.542. The molecule has 0 radical (unpaired) electrons. The third-order valence-corrected chi connectivity index (χ3v) is 8.34. The topological polar surface area (TPSA) is 72.7 Å². The SMILES string of the molecule is Cc1nn(-c2cccc(F)c2)c2nc(N3CCC[C@H](C(=O)N4CCC5(CC4)OCCO5)C3)sc12. The van der Waals surface area contributed by atoms with Gasteiger partial charge in [-0.1, -0.05) is 17.4 Å². The lowest BCUT2D eigenvalue weighted by atomic mass is 9.95. The van der Waals surface area contributed by atoms with Crippen LogP contribution in [0.15, 0.2) is 24.3 Å². The minimum Gasteiger partial charge on any atom is -0.347 e. The Morgan fingerprint density at radius 1 is 1.21 bits per heavy atom. The van der Waals surface area contributed by atoms with Crippen molar-refractivity contribution in [1.82, 2.24) is 19.7 Å². The molecule has 1 aromatic carbocycles. The molecule has 10 heteroatoms. The summed E-state index contributed by atoms with van der Waals surface area (Å²) in [6.07, 6.45) is 3.32. The zero-order chi connectivity index (χ0) is 23.3. The minimum atomic E-state index is -0.468. The lowest BCUT2D eigenvalue weighted by Crippen LogP contribution is -2.51. The Kier molecular flexibility index (Phi) is 5.54. The Hall–Kier alpha value is -2.56. The smallest absolute Gasteiger partial charge is 0.227 e. The maximum absolute atomic E-state index is 13.8. The number of fused-ring (bicyclic) bond motifs is 1. The molecule has 5 heterocycles. The average Bonchev–Trinajstić information content (AvgIpc) is 3.57. The van der Waals surface area contributed by atoms with Crippen LogP contribution in [-0.4, -0.2) is 70.8 Å². The van der Waals surface area contributed by atoms with E-state index >= 15 is 0 Å². The molecule has 3 aliphatic heterocycles. The van der Waals surface area contributed by atoms with Gasteiger partial charge >= 0.3 is 0 Å². The Morgan fingerprint density at radius 2 is 2.00 bits per heavy atom. The number of piperidine rings is 2. The van der Waals surface area contributed by atoms with Crippen molar-refractivity contribution in [3.63, 3.8) is 0 Å². The maximum atomic E-state index is 13.8. The van der Waals surface area contributed by atoms with E-state index in [-0.39, 0.29) is 17.6 Å². The van der Waals surface area contributed by atoms with Crippen LogP contribution in [0.3, 0.4) is 0 Å². The number of thiazole rings is 1. The van der Waals surface area contributed by atoms with Crippen LogP contribution in [0, 0.1) is 18.7 Å². The van der Waals surface area contributed by atoms with Crippen molar-refractivity contribution in [2.45, 2.75) is 38.4 Å². The molecule has 2 aromatic heterocycles. The molecule has 0 saturated carbocycles. The second kappa shape index (κ2) is 8.58. The highest BCUT2D eigenvalue weighted by molar-refractivity contribution is 7.22. The summed E-state index contributed by atoms with van der Waals surface area (Å²) in [5.41, 5.74) is 2.25. The number of aryl methyl sites for hydroxylation is 1. The molecule has 0 N–H and O–H groups in total. The zero-order valence-corrected chi connectivity index (χ0v) is 20.0. The van der Waals surface area contributed by atoms with Crippen molar-refractivity contribution in [2.24, 2.45) is 5.92 Å². The Morgan fingerprint density at radius 3 is 2.76 bits per heavy atom. The highest BCUT2D eigenvalue weighted by Crippen LogP contribution is 2.36. The van der Waals surface area contributed by atoms with Gasteiger partial charge in [0.2, 0.25) is 5.91 Å². The van der Waals surface area contributed by atoms with Crippen molar-refractivity contribution in [2.75, 3.05) is 44.3 Å². The summed E-state index contributed by atoms with van der Waals surface area (Å²) in [5.74, 6) is -0.591. The molecule has 6 rings (SSSR count). The van der Waals surface area contributed by atoms with Crippen LogP contribution in [0.4, 0.5) is 9.52 Å². The number of rotatable bonds is 3. The quantitative estimate of drug-likeness (QED) is 0.565. The number of carbonyl (C=O) groups excluding carboxylic acids is 1. The van der Waals surface area contributed by atoms with Gasteiger partial charge in [-0.15, -0.1) is 0 Å². The lowest BCUT2D eigenvalue weighted by molar-refractivity contribution is -0.188. The molecule has 8 nitrogen and oxygen atoms in total. The number of halogens is 1. The normalized spacial score (nSPS) is 22.7. The fourth-order valence-electron chi connectivity index (χ4n) is 5.31. The van der Waals surface area contributed by atoms with E-state index in [4.69, 9.17) is 14.5 Å². The molecule has 0 aliphatic carbocycles. The van der Waals surface area contributed by atoms with Gasteiger partial charge < -0.3 is 19.3 Å². The van der Waals surface area contributed by atoms with E-state index in [0.29, 0.717) is 38.5 Å². The number of ether oxygens (including phenoxy) is 2. The van der Waals surface area contributed by atoms with Crippen molar-refractivity contribution >= 4 is 32.7 Å². The molecule has 0 bridgehead atoms. The van der Waals surface area contributed by atoms with Crippen LogP contribution in [-0.2, 0) is 14.3 Å². The van der Waals surface area contributed by atoms with E-state index in [1.54, 1.807) is 22.1 Å². The van der Waals surface area contributed by atoms with Gasteiger partial charge in [-0.25, -0.2) is 9.07 Å². The second-order valence-electron chi connectivity index (χ2n) is 9.34. The summed E-state index contributed by atoms with van der Waals surface area (Å²) in [6, 6.07) is 6.39. The molecule has 34 heavy (non-hydrogen) atoms. The molecule has 180 valence electrons. The Labute approximate surface area is 201 Å². The number of carbonyl (C=O) groups is 1. The Bertz CT molecular complexity index is 1210. The third kappa shape index (κ3) is 3.87. The molecule has 1 spiro atoms. The second-order valence-corrected chi connectivity index (χ2v) is 10.3. The molecule has 3 aromatic rings. The standard InChI is InChI=1S/C24H28FN5O3S/c1-16-20-21(30(27-16)19-6-2-5-18(25)14-19)26-23(34-20)29-9-3-4-17(15-29)22(31)28-10-7-24(8-11-28)32-12-13-33-24/h2,5-6,14,17H,3-4,7-13,15H2,1H3/t17-/m0/s1. The van der Waals surface area contributed by atoms with Gasteiger partial charge in [-0.05, 0) is 38.0 Å². The number of likely N-dealkylation sites (tertiary alicyclic amines) is 1. The molecule has 1 amide bonds. The van der Waals surface area contributed by atoms with Gasteiger partial charge in [-0.2, -0.15) is 10.1 Å². The summed E-state index contributed by atoms with van der Waals surface area (Å²) in [5, 5.41) is 5.47. The predicted octanol–water partition coefficient (Wildman–Crippen LogP) is 3.51. The van der Waals surface area contributed by atoms with Crippen molar-refractivity contribution in [3.05, 3.63) is 35.8 Å². The summed E-state index contributed by atoms with van der Waals surface area (Å²) in [7, 11) is 0. The number of anilines is 1. The van der Waals surface area contributed by atoms with E-state index in [2.05, 4.69) is 10.00 Å². The van der Waals surface area contributed by atoms with Gasteiger partial charge in [-0.3, -0.25) is 4.79 Å². The molecule has 0 unspecified atom stereocenters. The number of nitrogens with zero attached hydrogens (tertiary/aromatic N) is 5. The van der Waals surface area contributed by atoms with Gasteiger partial charge in [0.15, 0.2) is 16.6 Å². The number of hydrogen-bond acceptors (Lipinski definition) is 7. The molecule has 1 atom stereocenters. The van der Waals surface area contributed by atoms with E-state index in [1.165, 1.54) is 12.1 Å². The van der Waals surface area contributed by atoms with E-state index < -0.39 is 5.79 Å². The Balaban J connectivity index is 1.19. The first-order chi connectivity index (χ1) is 16.5. The molecule has 3 fully saturated rings. The first-order valence-electron chi connectivity index (χ1n) is 12.0. The van der Waals surface area contributed by atoms with Crippen LogP contribution in [0.5, 0.6) is 0 Å². The van der Waals surface area contributed by atoms with Crippen LogP contribution in [0.25, 0.3) is 16.0 Å². The first kappa shape index (κ1) is 21.9. The van der Waals surface area contributed by atoms with Crippen molar-refractivity contribution < 1.29 is 18.7 Å². The maximum Gasteiger partial charge on any atom is 0.227 e. The monoisotopic (exact) mass is 485 g/mol.